The summed E-state index contributed by atoms with van der Waals surface area (Å²) in [5, 5.41) is 13.0. The maximum Gasteiger partial charge on any atom is 0.319 e. The smallest absolute Gasteiger partial charge is 0.319 e. The van der Waals surface area contributed by atoms with Crippen LogP contribution < -0.4 is 10.6 Å². The van der Waals surface area contributed by atoms with Crippen LogP contribution in [0.1, 0.15) is 11.1 Å². The van der Waals surface area contributed by atoms with E-state index in [4.69, 9.17) is 4.42 Å². The first-order valence-corrected chi connectivity index (χ1v) is 10.3. The number of aryl methyl sites for hydroxylation is 1. The second-order valence-electron chi connectivity index (χ2n) is 7.51. The highest BCUT2D eigenvalue weighted by atomic mass is 16.3. The average molecular weight is 423 g/mol. The fourth-order valence-electron chi connectivity index (χ4n) is 3.49. The number of urea groups is 1. The van der Waals surface area contributed by atoms with Crippen molar-refractivity contribution in [3.05, 3.63) is 90.1 Å². The predicted molar refractivity (Wildman–Crippen MR) is 124 cm³/mol. The highest BCUT2D eigenvalue weighted by molar-refractivity contribution is 5.90. The normalized spacial score (nSPS) is 10.9. The molecule has 3 aromatic carbocycles. The summed E-state index contributed by atoms with van der Waals surface area (Å²) in [5.74, 6) is 0.511. The molecule has 5 rings (SSSR count). The molecular weight excluding hydrogens is 402 g/mol. The number of hydrogen-bond donors (Lipinski definition) is 3. The van der Waals surface area contributed by atoms with Crippen molar-refractivity contribution < 1.29 is 9.21 Å². The van der Waals surface area contributed by atoms with Crippen LogP contribution in [-0.4, -0.2) is 21.2 Å². The summed E-state index contributed by atoms with van der Waals surface area (Å²) in [6, 6.07) is 22.9. The molecule has 7 heteroatoms. The molecule has 7 nitrogen and oxygen atoms in total. The van der Waals surface area contributed by atoms with Gasteiger partial charge in [0.05, 0.1) is 5.56 Å². The zero-order chi connectivity index (χ0) is 21.9. The number of amides is 2. The van der Waals surface area contributed by atoms with E-state index in [1.165, 1.54) is 0 Å². The molecule has 0 aliphatic heterocycles. The van der Waals surface area contributed by atoms with Crippen molar-refractivity contribution in [2.75, 3.05) is 5.32 Å². The molecule has 5 aromatic rings. The second-order valence-corrected chi connectivity index (χ2v) is 7.51. The minimum absolute atomic E-state index is 0.260. The molecule has 2 aromatic heterocycles. The maximum absolute atomic E-state index is 12.2. The number of nitrogens with one attached hydrogen (secondary N) is 3. The highest BCUT2D eigenvalue weighted by Gasteiger charge is 2.16. The molecule has 3 N–H and O–H groups in total. The molecule has 0 atom stereocenters. The summed E-state index contributed by atoms with van der Waals surface area (Å²) in [7, 11) is 0. The van der Waals surface area contributed by atoms with E-state index in [1.54, 1.807) is 6.20 Å². The van der Waals surface area contributed by atoms with Crippen molar-refractivity contribution in [3.8, 4) is 22.7 Å². The van der Waals surface area contributed by atoms with Crippen LogP contribution in [0.3, 0.4) is 0 Å². The van der Waals surface area contributed by atoms with Crippen molar-refractivity contribution in [1.29, 1.82) is 0 Å². The molecule has 0 fully saturated rings. The number of nitrogens with zero attached hydrogens (tertiary/aromatic N) is 2. The standard InChI is InChI=1S/C25H21N5O2/c1-16-7-12-22-21(13-16)29-24(32-22)20-15-27-30-23(20)18-8-10-19(11-9-18)28-25(31)26-14-17-5-3-2-4-6-17/h2-13,15H,14H2,1H3,(H,27,30)(H2,26,28,31). The van der Waals surface area contributed by atoms with Crippen molar-refractivity contribution in [2.24, 2.45) is 0 Å². The van der Waals surface area contributed by atoms with Crippen LogP contribution in [0.15, 0.2) is 83.4 Å². The molecule has 158 valence electrons. The van der Waals surface area contributed by atoms with E-state index < -0.39 is 0 Å². The zero-order valence-corrected chi connectivity index (χ0v) is 17.4. The molecule has 0 saturated heterocycles. The monoisotopic (exact) mass is 423 g/mol. The number of H-pyrrole nitrogens is 1. The lowest BCUT2D eigenvalue weighted by Crippen LogP contribution is -2.28. The first kappa shape index (κ1) is 19.6. The Morgan fingerprint density at radius 3 is 2.66 bits per heavy atom. The third-order valence-corrected chi connectivity index (χ3v) is 5.13. The molecule has 32 heavy (non-hydrogen) atoms. The number of carbonyl (C=O) groups excluding carboxylic acids is 1. The van der Waals surface area contributed by atoms with Gasteiger partial charge in [0.1, 0.15) is 11.2 Å². The highest BCUT2D eigenvalue weighted by Crippen LogP contribution is 2.32. The minimum Gasteiger partial charge on any atom is -0.436 e. The van der Waals surface area contributed by atoms with Crippen LogP contribution in [0, 0.1) is 6.92 Å². The maximum atomic E-state index is 12.2. The number of oxazole rings is 1. The molecule has 0 saturated carbocycles. The fraction of sp³-hybridized carbons (Fsp3) is 0.0800. The topological polar surface area (TPSA) is 95.8 Å². The van der Waals surface area contributed by atoms with Crippen LogP contribution in [-0.2, 0) is 6.54 Å². The van der Waals surface area contributed by atoms with Crippen LogP contribution in [0.2, 0.25) is 0 Å². The molecule has 2 amide bonds. The first-order valence-electron chi connectivity index (χ1n) is 10.3. The summed E-state index contributed by atoms with van der Waals surface area (Å²) < 4.78 is 5.93. The van der Waals surface area contributed by atoms with E-state index >= 15 is 0 Å². The van der Waals surface area contributed by atoms with Gasteiger partial charge in [-0.25, -0.2) is 9.78 Å². The van der Waals surface area contributed by atoms with E-state index in [-0.39, 0.29) is 6.03 Å². The number of fused-ring (bicyclic) bond motifs is 1. The largest absolute Gasteiger partial charge is 0.436 e. The summed E-state index contributed by atoms with van der Waals surface area (Å²) >= 11 is 0. The van der Waals surface area contributed by atoms with E-state index in [0.29, 0.717) is 18.1 Å². The second kappa shape index (κ2) is 8.39. The van der Waals surface area contributed by atoms with Gasteiger partial charge in [-0.2, -0.15) is 5.10 Å². The van der Waals surface area contributed by atoms with Gasteiger partial charge in [0.2, 0.25) is 5.89 Å². The van der Waals surface area contributed by atoms with Crippen LogP contribution in [0.4, 0.5) is 10.5 Å². The number of benzene rings is 3. The van der Waals surface area contributed by atoms with Gasteiger partial charge in [-0.05, 0) is 42.3 Å². The van der Waals surface area contributed by atoms with Gasteiger partial charge in [-0.15, -0.1) is 0 Å². The van der Waals surface area contributed by atoms with Crippen molar-refractivity contribution in [3.63, 3.8) is 0 Å². The average Bonchev–Trinajstić information content (AvgIpc) is 3.45. The quantitative estimate of drug-likeness (QED) is 0.347. The van der Waals surface area contributed by atoms with Crippen molar-refractivity contribution in [2.45, 2.75) is 13.5 Å². The lowest BCUT2D eigenvalue weighted by molar-refractivity contribution is 0.251. The Hall–Kier alpha value is -4.39. The Kier molecular flexibility index (Phi) is 5.13. The summed E-state index contributed by atoms with van der Waals surface area (Å²) in [4.78, 5) is 16.8. The zero-order valence-electron chi connectivity index (χ0n) is 17.4. The molecule has 0 aliphatic rings. The Labute approximate surface area is 184 Å². The molecule has 0 radical (unpaired) electrons. The number of rotatable bonds is 5. The number of aromatic nitrogens is 3. The molecule has 0 unspecified atom stereocenters. The van der Waals surface area contributed by atoms with E-state index in [1.807, 2.05) is 79.7 Å². The van der Waals surface area contributed by atoms with Gasteiger partial charge in [-0.1, -0.05) is 48.5 Å². The summed E-state index contributed by atoms with van der Waals surface area (Å²) in [6.45, 7) is 2.49. The SMILES string of the molecule is Cc1ccc2oc(-c3c[nH]nc3-c3ccc(NC(=O)NCc4ccccc4)cc3)nc2c1. The van der Waals surface area contributed by atoms with Gasteiger partial charge in [-0.3, -0.25) is 5.10 Å². The Balaban J connectivity index is 1.30. The molecular formula is C25H21N5O2. The number of aromatic amines is 1. The van der Waals surface area contributed by atoms with Crippen LogP contribution in [0.5, 0.6) is 0 Å². The Morgan fingerprint density at radius 2 is 1.84 bits per heavy atom. The molecule has 0 bridgehead atoms. The fourth-order valence-corrected chi connectivity index (χ4v) is 3.49. The lowest BCUT2D eigenvalue weighted by atomic mass is 10.1. The third kappa shape index (κ3) is 4.09. The first-order chi connectivity index (χ1) is 15.7. The minimum atomic E-state index is -0.260. The molecule has 2 heterocycles. The number of carbonyl (C=O) groups is 1. The van der Waals surface area contributed by atoms with Crippen molar-refractivity contribution >= 4 is 22.8 Å². The summed E-state index contributed by atoms with van der Waals surface area (Å²) in [5.41, 5.74) is 6.79. The van der Waals surface area contributed by atoms with Gasteiger partial charge in [0.15, 0.2) is 5.58 Å². The molecule has 0 aliphatic carbocycles. The Morgan fingerprint density at radius 1 is 1.03 bits per heavy atom. The van der Waals surface area contributed by atoms with Crippen LogP contribution in [0.25, 0.3) is 33.8 Å². The Bertz CT molecular complexity index is 1370. The number of anilines is 1. The molecule has 0 spiro atoms. The van der Waals surface area contributed by atoms with E-state index in [2.05, 4.69) is 25.8 Å². The van der Waals surface area contributed by atoms with Crippen molar-refractivity contribution in [1.82, 2.24) is 20.5 Å². The van der Waals surface area contributed by atoms with Gasteiger partial charge >= 0.3 is 6.03 Å². The lowest BCUT2D eigenvalue weighted by Gasteiger charge is -2.08. The van der Waals surface area contributed by atoms with Gasteiger partial charge < -0.3 is 15.1 Å². The summed E-state index contributed by atoms with van der Waals surface area (Å²) in [6.07, 6.45) is 1.77. The van der Waals surface area contributed by atoms with E-state index in [0.717, 1.165) is 39.0 Å². The van der Waals surface area contributed by atoms with Gasteiger partial charge in [0.25, 0.3) is 0 Å². The predicted octanol–water partition coefficient (Wildman–Crippen LogP) is 5.52. The van der Waals surface area contributed by atoms with E-state index in [9.17, 15) is 4.79 Å². The van der Waals surface area contributed by atoms with Crippen LogP contribution >= 0.6 is 0 Å². The van der Waals surface area contributed by atoms with Gasteiger partial charge in [0, 0.05) is 24.0 Å². The third-order valence-electron chi connectivity index (χ3n) is 5.13. The number of hydrogen-bond acceptors (Lipinski definition) is 4.